The van der Waals surface area contributed by atoms with E-state index in [1.54, 1.807) is 9.80 Å². The topological polar surface area (TPSA) is 102 Å². The van der Waals surface area contributed by atoms with Crippen molar-refractivity contribution in [2.75, 3.05) is 36.5 Å². The largest absolute Gasteiger partial charge is 0.446 e. The molecule has 0 radical (unpaired) electrons. The summed E-state index contributed by atoms with van der Waals surface area (Å²) in [7, 11) is 0. The van der Waals surface area contributed by atoms with E-state index in [-0.39, 0.29) is 46.6 Å². The van der Waals surface area contributed by atoms with E-state index in [4.69, 9.17) is 5.11 Å². The lowest BCUT2D eigenvalue weighted by Gasteiger charge is -2.40. The predicted octanol–water partition coefficient (Wildman–Crippen LogP) is 4.08. The van der Waals surface area contributed by atoms with Crippen molar-refractivity contribution in [3.05, 3.63) is 41.8 Å². The number of pyridine rings is 1. The molecule has 2 unspecified atom stereocenters. The number of fused-ring (bicyclic) bond motifs is 1. The number of benzene rings is 1. The number of carbonyl (C=O) groups is 1. The number of hydrogen-bond acceptors (Lipinski definition) is 8. The maximum Gasteiger partial charge on any atom is 0.446 e. The first-order valence-corrected chi connectivity index (χ1v) is 12.6. The zero-order valence-electron chi connectivity index (χ0n) is 19.0. The second-order valence-electron chi connectivity index (χ2n) is 8.30. The molecule has 2 amide bonds. The highest BCUT2D eigenvalue weighted by Gasteiger charge is 2.31. The van der Waals surface area contributed by atoms with Crippen LogP contribution in [0.5, 0.6) is 0 Å². The molecular formula is C22H23F4N5O3S2. The molecule has 3 N–H and O–H groups in total. The normalized spacial score (nSPS) is 17.5. The van der Waals surface area contributed by atoms with Gasteiger partial charge in [0.25, 0.3) is 0 Å². The lowest BCUT2D eigenvalue weighted by molar-refractivity contribution is -0.0328. The fourth-order valence-electron chi connectivity index (χ4n) is 3.92. The summed E-state index contributed by atoms with van der Waals surface area (Å²) in [6.45, 7) is 2.33. The fraction of sp³-hybridized carbons (Fsp3) is 0.409. The number of aliphatic hydroxyl groups excluding tert-OH is 2. The molecule has 0 aliphatic carbocycles. The molecule has 4 rings (SSSR count). The zero-order chi connectivity index (χ0) is 26.0. The molecule has 8 nitrogen and oxygen atoms in total. The molecule has 1 aromatic carbocycles. The number of rotatable bonds is 6. The third kappa shape index (κ3) is 6.35. The van der Waals surface area contributed by atoms with Crippen LogP contribution < -0.4 is 10.2 Å². The van der Waals surface area contributed by atoms with Crippen molar-refractivity contribution < 1.29 is 32.6 Å². The minimum atomic E-state index is -4.39. The average Bonchev–Trinajstić information content (AvgIpc) is 3.19. The number of thioether (sulfide) groups is 1. The molecule has 3 aromatic rings. The van der Waals surface area contributed by atoms with Crippen molar-refractivity contribution in [2.24, 2.45) is 0 Å². The molecule has 1 fully saturated rings. The van der Waals surface area contributed by atoms with Crippen molar-refractivity contribution in [1.82, 2.24) is 14.9 Å². The summed E-state index contributed by atoms with van der Waals surface area (Å²) in [5, 5.41) is 21.5. The van der Waals surface area contributed by atoms with Crippen LogP contribution in [-0.4, -0.2) is 75.0 Å². The Morgan fingerprint density at radius 3 is 2.78 bits per heavy atom. The third-order valence-electron chi connectivity index (χ3n) is 5.56. The Morgan fingerprint density at radius 1 is 1.33 bits per heavy atom. The molecule has 1 saturated heterocycles. The van der Waals surface area contributed by atoms with Crippen LogP contribution >= 0.6 is 23.1 Å². The third-order valence-corrected chi connectivity index (χ3v) is 7.21. The van der Waals surface area contributed by atoms with Crippen molar-refractivity contribution in [3.63, 3.8) is 0 Å². The van der Waals surface area contributed by atoms with E-state index >= 15 is 0 Å². The number of halogens is 4. The number of carbonyl (C=O) groups excluding carboxylic acids is 1. The van der Waals surface area contributed by atoms with Gasteiger partial charge in [-0.1, -0.05) is 11.3 Å². The van der Waals surface area contributed by atoms with Crippen LogP contribution in [0.2, 0.25) is 0 Å². The van der Waals surface area contributed by atoms with Gasteiger partial charge in [-0.2, -0.15) is 13.2 Å². The number of anilines is 2. The van der Waals surface area contributed by atoms with Crippen LogP contribution in [-0.2, 0) is 6.42 Å². The summed E-state index contributed by atoms with van der Waals surface area (Å²) < 4.78 is 53.1. The monoisotopic (exact) mass is 545 g/mol. The van der Waals surface area contributed by atoms with Gasteiger partial charge in [-0.3, -0.25) is 5.32 Å². The first kappa shape index (κ1) is 26.4. The Hall–Kier alpha value is -2.68. The average molecular weight is 546 g/mol. The molecule has 36 heavy (non-hydrogen) atoms. The van der Waals surface area contributed by atoms with E-state index in [1.807, 2.05) is 6.92 Å². The number of alkyl halides is 3. The molecule has 1 aliphatic rings. The number of thiazole rings is 1. The number of aromatic nitrogens is 2. The van der Waals surface area contributed by atoms with Crippen LogP contribution in [0.25, 0.3) is 10.2 Å². The van der Waals surface area contributed by atoms with Crippen molar-refractivity contribution in [3.8, 4) is 0 Å². The van der Waals surface area contributed by atoms with Gasteiger partial charge in [-0.15, -0.1) is 0 Å². The second-order valence-corrected chi connectivity index (χ2v) is 10.5. The van der Waals surface area contributed by atoms with Crippen molar-refractivity contribution in [1.29, 1.82) is 0 Å². The van der Waals surface area contributed by atoms with Gasteiger partial charge in [-0.25, -0.2) is 19.2 Å². The van der Waals surface area contributed by atoms with Gasteiger partial charge in [0.05, 0.1) is 22.9 Å². The second kappa shape index (κ2) is 10.7. The number of amides is 2. The predicted molar refractivity (Wildman–Crippen MR) is 130 cm³/mol. The molecule has 0 spiro atoms. The first-order valence-electron chi connectivity index (χ1n) is 10.9. The van der Waals surface area contributed by atoms with E-state index in [1.165, 1.54) is 30.5 Å². The van der Waals surface area contributed by atoms with Gasteiger partial charge in [-0.05, 0) is 48.5 Å². The molecule has 2 atom stereocenters. The Labute approximate surface area is 211 Å². The van der Waals surface area contributed by atoms with Crippen molar-refractivity contribution >= 4 is 50.3 Å². The Kier molecular flexibility index (Phi) is 7.87. The van der Waals surface area contributed by atoms with E-state index in [2.05, 4.69) is 15.3 Å². The summed E-state index contributed by atoms with van der Waals surface area (Å²) in [6.07, 6.45) is 0.543. The summed E-state index contributed by atoms with van der Waals surface area (Å²) in [5.74, 6) is -0.414. The lowest BCUT2D eigenvalue weighted by Crippen LogP contribution is -2.55. The standard InChI is InChI=1S/C22H23F4N5O3S2/c1-12-10-30(19-16(23)7-13(9-27-19)6-14(33)11-32)4-5-31(12)21(34)29-20-28-17-3-2-15(8-18(17)35-20)36-22(24,25)26/h2-3,7-9,12,14,32-33H,4-6,10-11H2,1H3,(H,28,29,34). The Morgan fingerprint density at radius 2 is 2.11 bits per heavy atom. The van der Waals surface area contributed by atoms with E-state index in [9.17, 15) is 27.5 Å². The van der Waals surface area contributed by atoms with E-state index < -0.39 is 30.1 Å². The molecule has 0 saturated carbocycles. The van der Waals surface area contributed by atoms with Gasteiger partial charge >= 0.3 is 11.5 Å². The number of aliphatic hydroxyl groups is 2. The van der Waals surface area contributed by atoms with Crippen LogP contribution in [0.1, 0.15) is 12.5 Å². The molecule has 3 heterocycles. The molecule has 2 aromatic heterocycles. The molecule has 14 heteroatoms. The van der Waals surface area contributed by atoms with Crippen LogP contribution in [0.4, 0.5) is 33.3 Å². The minimum Gasteiger partial charge on any atom is -0.394 e. The van der Waals surface area contributed by atoms with Gasteiger partial charge < -0.3 is 20.0 Å². The van der Waals surface area contributed by atoms with Gasteiger partial charge in [0.2, 0.25) is 0 Å². The fourth-order valence-corrected chi connectivity index (χ4v) is 5.47. The molecular weight excluding hydrogens is 522 g/mol. The smallest absolute Gasteiger partial charge is 0.394 e. The Bertz CT molecular complexity index is 1240. The van der Waals surface area contributed by atoms with Crippen molar-refractivity contribution in [2.45, 2.75) is 35.9 Å². The van der Waals surface area contributed by atoms with Gasteiger partial charge in [0, 0.05) is 43.2 Å². The Balaban J connectivity index is 1.38. The number of piperazine rings is 1. The highest BCUT2D eigenvalue weighted by Crippen LogP contribution is 2.39. The van der Waals surface area contributed by atoms with Gasteiger partial charge in [0.15, 0.2) is 16.8 Å². The highest BCUT2D eigenvalue weighted by molar-refractivity contribution is 8.00. The number of nitrogens with zero attached hydrogens (tertiary/aromatic N) is 4. The van der Waals surface area contributed by atoms with Crippen LogP contribution in [0, 0.1) is 5.82 Å². The highest BCUT2D eigenvalue weighted by atomic mass is 32.2. The minimum absolute atomic E-state index is 0.0414. The lowest BCUT2D eigenvalue weighted by atomic mass is 10.1. The molecule has 0 bridgehead atoms. The van der Waals surface area contributed by atoms with E-state index in [0.29, 0.717) is 28.9 Å². The van der Waals surface area contributed by atoms with Crippen LogP contribution in [0.15, 0.2) is 35.4 Å². The van der Waals surface area contributed by atoms with E-state index in [0.717, 1.165) is 11.3 Å². The maximum atomic E-state index is 14.7. The summed E-state index contributed by atoms with van der Waals surface area (Å²) in [6, 6.07) is 4.78. The summed E-state index contributed by atoms with van der Waals surface area (Å²) in [4.78, 5) is 24.7. The summed E-state index contributed by atoms with van der Waals surface area (Å²) >= 11 is 0.874. The molecule has 194 valence electrons. The van der Waals surface area contributed by atoms with Gasteiger partial charge in [0.1, 0.15) is 0 Å². The number of hydrogen-bond donors (Lipinski definition) is 3. The quantitative estimate of drug-likeness (QED) is 0.317. The zero-order valence-corrected chi connectivity index (χ0v) is 20.6. The number of nitrogens with one attached hydrogen (secondary N) is 1. The number of urea groups is 1. The SMILES string of the molecule is CC1CN(c2ncc(CC(O)CO)cc2F)CCN1C(=O)Nc1nc2ccc(SC(F)(F)F)cc2s1. The maximum absolute atomic E-state index is 14.7. The first-order chi connectivity index (χ1) is 17.0. The van der Waals surface area contributed by atoms with Crippen LogP contribution in [0.3, 0.4) is 0 Å². The summed E-state index contributed by atoms with van der Waals surface area (Å²) in [5.41, 5.74) is -3.45. The molecule has 1 aliphatic heterocycles.